The van der Waals surface area contributed by atoms with Crippen molar-refractivity contribution in [3.63, 3.8) is 0 Å². The fourth-order valence-electron chi connectivity index (χ4n) is 2.51. The van der Waals surface area contributed by atoms with Crippen molar-refractivity contribution in [3.05, 3.63) is 53.6 Å². The van der Waals surface area contributed by atoms with Gasteiger partial charge in [0.15, 0.2) is 11.5 Å². The van der Waals surface area contributed by atoms with Gasteiger partial charge in [-0.1, -0.05) is 36.4 Å². The zero-order valence-electron chi connectivity index (χ0n) is 13.7. The van der Waals surface area contributed by atoms with Crippen LogP contribution in [0.2, 0.25) is 0 Å². The van der Waals surface area contributed by atoms with E-state index in [4.69, 9.17) is 14.2 Å². The molecule has 0 radical (unpaired) electrons. The van der Waals surface area contributed by atoms with Gasteiger partial charge in [-0.3, -0.25) is 0 Å². The summed E-state index contributed by atoms with van der Waals surface area (Å²) in [5, 5.41) is 13.0. The molecule has 1 atom stereocenters. The van der Waals surface area contributed by atoms with Gasteiger partial charge < -0.3 is 24.6 Å². The SMILES string of the molecule is COc1ccc(CN[C@@H](CO)c2ccccc2)c(OC)c1OC. The van der Waals surface area contributed by atoms with Gasteiger partial charge >= 0.3 is 0 Å². The Morgan fingerprint density at radius 2 is 1.61 bits per heavy atom. The highest BCUT2D eigenvalue weighted by Crippen LogP contribution is 2.39. The molecule has 0 fully saturated rings. The molecule has 0 amide bonds. The lowest BCUT2D eigenvalue weighted by molar-refractivity contribution is 0.243. The molecule has 5 heteroatoms. The fourth-order valence-corrected chi connectivity index (χ4v) is 2.51. The van der Waals surface area contributed by atoms with Crippen LogP contribution in [0.25, 0.3) is 0 Å². The van der Waals surface area contributed by atoms with E-state index in [1.165, 1.54) is 0 Å². The Balaban J connectivity index is 2.19. The van der Waals surface area contributed by atoms with Gasteiger partial charge in [-0.15, -0.1) is 0 Å². The number of hydrogen-bond acceptors (Lipinski definition) is 5. The third-order valence-electron chi connectivity index (χ3n) is 3.71. The number of aliphatic hydroxyl groups is 1. The van der Waals surface area contributed by atoms with Crippen molar-refractivity contribution in [1.82, 2.24) is 5.32 Å². The molecule has 124 valence electrons. The summed E-state index contributed by atoms with van der Waals surface area (Å²) in [5.74, 6) is 1.81. The maximum atomic E-state index is 9.63. The predicted molar refractivity (Wildman–Crippen MR) is 89.2 cm³/mol. The molecule has 0 aliphatic heterocycles. The number of ether oxygens (including phenoxy) is 3. The summed E-state index contributed by atoms with van der Waals surface area (Å²) < 4.78 is 16.1. The quantitative estimate of drug-likeness (QED) is 0.783. The molecule has 2 aromatic carbocycles. The first-order chi connectivity index (χ1) is 11.2. The van der Waals surface area contributed by atoms with E-state index in [-0.39, 0.29) is 12.6 Å². The van der Waals surface area contributed by atoms with Crippen LogP contribution in [0.15, 0.2) is 42.5 Å². The Labute approximate surface area is 136 Å². The normalized spacial score (nSPS) is 11.8. The van der Waals surface area contributed by atoms with Crippen LogP contribution >= 0.6 is 0 Å². The number of rotatable bonds is 8. The molecular weight excluding hydrogens is 294 g/mol. The molecular formula is C18H23NO4. The summed E-state index contributed by atoms with van der Waals surface area (Å²) >= 11 is 0. The van der Waals surface area contributed by atoms with Crippen LogP contribution < -0.4 is 19.5 Å². The first-order valence-corrected chi connectivity index (χ1v) is 7.42. The minimum atomic E-state index is -0.144. The zero-order valence-corrected chi connectivity index (χ0v) is 13.7. The van der Waals surface area contributed by atoms with E-state index < -0.39 is 0 Å². The molecule has 0 saturated heterocycles. The lowest BCUT2D eigenvalue weighted by Crippen LogP contribution is -2.24. The van der Waals surface area contributed by atoms with Crippen LogP contribution in [-0.4, -0.2) is 33.0 Å². The van der Waals surface area contributed by atoms with E-state index in [9.17, 15) is 5.11 Å². The van der Waals surface area contributed by atoms with E-state index in [0.29, 0.717) is 23.8 Å². The summed E-state index contributed by atoms with van der Waals surface area (Å²) in [6.45, 7) is 0.545. The molecule has 0 heterocycles. The minimum absolute atomic E-state index is 0.0135. The molecule has 0 bridgehead atoms. The summed E-state index contributed by atoms with van der Waals surface area (Å²) in [6.07, 6.45) is 0. The zero-order chi connectivity index (χ0) is 16.7. The second-order valence-corrected chi connectivity index (χ2v) is 5.02. The topological polar surface area (TPSA) is 60.0 Å². The van der Waals surface area contributed by atoms with Gasteiger partial charge in [-0.25, -0.2) is 0 Å². The van der Waals surface area contributed by atoms with Crippen LogP contribution in [0.5, 0.6) is 17.2 Å². The summed E-state index contributed by atoms with van der Waals surface area (Å²) in [7, 11) is 4.77. The van der Waals surface area contributed by atoms with Gasteiger partial charge in [0, 0.05) is 12.1 Å². The molecule has 23 heavy (non-hydrogen) atoms. The number of benzene rings is 2. The highest BCUT2D eigenvalue weighted by atomic mass is 16.5. The van der Waals surface area contributed by atoms with Crippen molar-refractivity contribution in [2.45, 2.75) is 12.6 Å². The second-order valence-electron chi connectivity index (χ2n) is 5.02. The monoisotopic (exact) mass is 317 g/mol. The molecule has 2 aromatic rings. The van der Waals surface area contributed by atoms with E-state index >= 15 is 0 Å². The van der Waals surface area contributed by atoms with Crippen LogP contribution in [0, 0.1) is 0 Å². The third kappa shape index (κ3) is 3.94. The average molecular weight is 317 g/mol. The second kappa shape index (κ2) is 8.41. The van der Waals surface area contributed by atoms with Gasteiger partial charge in [0.2, 0.25) is 5.75 Å². The van der Waals surface area contributed by atoms with Crippen molar-refractivity contribution in [2.75, 3.05) is 27.9 Å². The Kier molecular flexibility index (Phi) is 6.26. The fraction of sp³-hybridized carbons (Fsp3) is 0.333. The van der Waals surface area contributed by atoms with Gasteiger partial charge in [0.1, 0.15) is 0 Å². The molecule has 0 saturated carbocycles. The lowest BCUT2D eigenvalue weighted by atomic mass is 10.1. The molecule has 2 N–H and O–H groups in total. The van der Waals surface area contributed by atoms with Crippen molar-refractivity contribution < 1.29 is 19.3 Å². The van der Waals surface area contributed by atoms with Crippen LogP contribution in [0.4, 0.5) is 0 Å². The Morgan fingerprint density at radius 1 is 0.913 bits per heavy atom. The summed E-state index contributed by atoms with van der Waals surface area (Å²) in [6, 6.07) is 13.5. The lowest BCUT2D eigenvalue weighted by Gasteiger charge is -2.19. The third-order valence-corrected chi connectivity index (χ3v) is 3.71. The summed E-state index contributed by atoms with van der Waals surface area (Å²) in [5.41, 5.74) is 1.97. The van der Waals surface area contributed by atoms with Crippen molar-refractivity contribution in [2.24, 2.45) is 0 Å². The van der Waals surface area contributed by atoms with Crippen LogP contribution in [0.3, 0.4) is 0 Å². The Bertz CT molecular complexity index is 616. The first kappa shape index (κ1) is 17.1. The minimum Gasteiger partial charge on any atom is -0.493 e. The molecule has 5 nitrogen and oxygen atoms in total. The highest BCUT2D eigenvalue weighted by Gasteiger charge is 2.17. The van der Waals surface area contributed by atoms with Gasteiger partial charge in [0.25, 0.3) is 0 Å². The number of nitrogens with one attached hydrogen (secondary N) is 1. The molecule has 0 spiro atoms. The van der Waals surface area contributed by atoms with Gasteiger partial charge in [-0.05, 0) is 11.6 Å². The molecule has 0 aliphatic rings. The number of aliphatic hydroxyl groups excluding tert-OH is 1. The smallest absolute Gasteiger partial charge is 0.203 e. The van der Waals surface area contributed by atoms with Gasteiger partial charge in [0.05, 0.1) is 34.0 Å². The van der Waals surface area contributed by atoms with E-state index in [2.05, 4.69) is 5.32 Å². The van der Waals surface area contributed by atoms with Crippen LogP contribution in [0.1, 0.15) is 17.2 Å². The van der Waals surface area contributed by atoms with E-state index in [1.54, 1.807) is 21.3 Å². The molecule has 0 aliphatic carbocycles. The molecule has 2 rings (SSSR count). The maximum absolute atomic E-state index is 9.63. The van der Waals surface area contributed by atoms with E-state index in [0.717, 1.165) is 11.1 Å². The van der Waals surface area contributed by atoms with Crippen LogP contribution in [-0.2, 0) is 6.54 Å². The van der Waals surface area contributed by atoms with Crippen molar-refractivity contribution >= 4 is 0 Å². The largest absolute Gasteiger partial charge is 0.493 e. The van der Waals surface area contributed by atoms with Crippen molar-refractivity contribution in [1.29, 1.82) is 0 Å². The molecule has 0 aromatic heterocycles. The maximum Gasteiger partial charge on any atom is 0.203 e. The highest BCUT2D eigenvalue weighted by molar-refractivity contribution is 5.55. The number of methoxy groups -OCH3 is 3. The van der Waals surface area contributed by atoms with Gasteiger partial charge in [-0.2, -0.15) is 0 Å². The van der Waals surface area contributed by atoms with Crippen molar-refractivity contribution in [3.8, 4) is 17.2 Å². The van der Waals surface area contributed by atoms with E-state index in [1.807, 2.05) is 42.5 Å². The standard InChI is InChI=1S/C18H23NO4/c1-21-16-10-9-14(17(22-2)18(16)23-3)11-19-15(12-20)13-7-5-4-6-8-13/h4-10,15,19-20H,11-12H2,1-3H3/t15-/m0/s1. The molecule has 0 unspecified atom stereocenters. The first-order valence-electron chi connectivity index (χ1n) is 7.42. The summed E-state index contributed by atoms with van der Waals surface area (Å²) in [4.78, 5) is 0. The average Bonchev–Trinajstić information content (AvgIpc) is 2.62. The predicted octanol–water partition coefficient (Wildman–Crippen LogP) is 2.54. The Hall–Kier alpha value is -2.24. The Morgan fingerprint density at radius 3 is 2.17 bits per heavy atom. The number of hydrogen-bond donors (Lipinski definition) is 2.